The third-order valence-electron chi connectivity index (χ3n) is 2.51. The molecule has 0 saturated heterocycles. The van der Waals surface area contributed by atoms with Crippen LogP contribution in [0.1, 0.15) is 51.1 Å². The van der Waals surface area contributed by atoms with Crippen LogP contribution in [0.15, 0.2) is 10.7 Å². The largest absolute Gasteiger partial charge is 0.368 e. The van der Waals surface area contributed by atoms with E-state index in [9.17, 15) is 4.79 Å². The van der Waals surface area contributed by atoms with Crippen molar-refractivity contribution in [3.05, 3.63) is 16.4 Å². The fraction of sp³-hybridized carbons (Fsp3) is 0.667. The summed E-state index contributed by atoms with van der Waals surface area (Å²) in [5.74, 6) is -0.0579. The quantitative estimate of drug-likeness (QED) is 0.784. The molecule has 0 fully saturated rings. The van der Waals surface area contributed by atoms with Crippen LogP contribution >= 0.6 is 15.9 Å². The molecule has 1 rings (SSSR count). The van der Waals surface area contributed by atoms with Crippen molar-refractivity contribution in [3.8, 4) is 0 Å². The standard InChI is InChI=1S/C12H19BrN2O2/c1-6-17-12(4,5)11(16)10-9(13)7-14-15(10)8(2)3/h7-8H,6H2,1-5H3. The molecule has 0 amide bonds. The zero-order valence-electron chi connectivity index (χ0n) is 11.0. The maximum atomic E-state index is 12.4. The van der Waals surface area contributed by atoms with Crippen molar-refractivity contribution in [2.24, 2.45) is 0 Å². The number of halogens is 1. The molecule has 0 aliphatic heterocycles. The first-order valence-corrected chi connectivity index (χ1v) is 6.52. The van der Waals surface area contributed by atoms with Gasteiger partial charge in [-0.25, -0.2) is 0 Å². The van der Waals surface area contributed by atoms with Crippen molar-refractivity contribution < 1.29 is 9.53 Å². The number of carbonyl (C=O) groups excluding carboxylic acids is 1. The van der Waals surface area contributed by atoms with Crippen molar-refractivity contribution in [3.63, 3.8) is 0 Å². The summed E-state index contributed by atoms with van der Waals surface area (Å²) in [4.78, 5) is 12.4. The highest BCUT2D eigenvalue weighted by Gasteiger charge is 2.33. The van der Waals surface area contributed by atoms with Crippen molar-refractivity contribution in [2.75, 3.05) is 6.61 Å². The number of Topliss-reactive ketones (excluding diaryl/α,β-unsaturated/α-hetero) is 1. The first-order chi connectivity index (χ1) is 7.81. The van der Waals surface area contributed by atoms with E-state index in [1.807, 2.05) is 20.8 Å². The Balaban J connectivity index is 3.16. The molecule has 0 aliphatic carbocycles. The Morgan fingerprint density at radius 2 is 2.18 bits per heavy atom. The highest BCUT2D eigenvalue weighted by Crippen LogP contribution is 2.25. The first kappa shape index (κ1) is 14.4. The molecule has 0 N–H and O–H groups in total. The van der Waals surface area contributed by atoms with Crippen LogP contribution in [0.25, 0.3) is 0 Å². The van der Waals surface area contributed by atoms with Gasteiger partial charge in [-0.15, -0.1) is 0 Å². The van der Waals surface area contributed by atoms with E-state index in [0.717, 1.165) is 0 Å². The van der Waals surface area contributed by atoms with Crippen molar-refractivity contribution in [2.45, 2.75) is 46.3 Å². The van der Waals surface area contributed by atoms with Crippen LogP contribution in [-0.4, -0.2) is 27.8 Å². The van der Waals surface area contributed by atoms with E-state index in [1.165, 1.54) is 0 Å². The van der Waals surface area contributed by atoms with Crippen LogP contribution in [0, 0.1) is 0 Å². The Kier molecular flexibility index (Phi) is 4.49. The predicted molar refractivity (Wildman–Crippen MR) is 70.3 cm³/mol. The summed E-state index contributed by atoms with van der Waals surface area (Å²) < 4.78 is 7.92. The molecular weight excluding hydrogens is 284 g/mol. The Morgan fingerprint density at radius 3 is 2.65 bits per heavy atom. The van der Waals surface area contributed by atoms with E-state index in [-0.39, 0.29) is 11.8 Å². The van der Waals surface area contributed by atoms with Crippen LogP contribution < -0.4 is 0 Å². The van der Waals surface area contributed by atoms with Crippen LogP contribution in [0.4, 0.5) is 0 Å². The number of hydrogen-bond acceptors (Lipinski definition) is 3. The highest BCUT2D eigenvalue weighted by atomic mass is 79.9. The molecule has 1 aromatic rings. The highest BCUT2D eigenvalue weighted by molar-refractivity contribution is 9.10. The monoisotopic (exact) mass is 302 g/mol. The molecule has 1 heterocycles. The number of nitrogens with zero attached hydrogens (tertiary/aromatic N) is 2. The summed E-state index contributed by atoms with van der Waals surface area (Å²) in [7, 11) is 0. The molecule has 0 aromatic carbocycles. The smallest absolute Gasteiger partial charge is 0.213 e. The second kappa shape index (κ2) is 5.31. The van der Waals surface area contributed by atoms with E-state index in [1.54, 1.807) is 24.7 Å². The second-order valence-corrected chi connectivity index (χ2v) is 5.51. The topological polar surface area (TPSA) is 44.1 Å². The molecule has 0 atom stereocenters. The number of aromatic nitrogens is 2. The summed E-state index contributed by atoms with van der Waals surface area (Å²) in [5.41, 5.74) is -0.261. The lowest BCUT2D eigenvalue weighted by Crippen LogP contribution is -2.37. The molecule has 17 heavy (non-hydrogen) atoms. The van der Waals surface area contributed by atoms with E-state index < -0.39 is 5.60 Å². The summed E-state index contributed by atoms with van der Waals surface area (Å²) in [6.07, 6.45) is 1.65. The lowest BCUT2D eigenvalue weighted by molar-refractivity contribution is 0.000306. The molecule has 0 radical (unpaired) electrons. The molecule has 0 aliphatic rings. The zero-order valence-corrected chi connectivity index (χ0v) is 12.5. The van der Waals surface area contributed by atoms with Gasteiger partial charge in [0.15, 0.2) is 0 Å². The maximum Gasteiger partial charge on any atom is 0.213 e. The first-order valence-electron chi connectivity index (χ1n) is 5.73. The van der Waals surface area contributed by atoms with Crippen LogP contribution in [0.3, 0.4) is 0 Å². The maximum absolute atomic E-state index is 12.4. The van der Waals surface area contributed by atoms with Crippen molar-refractivity contribution in [1.29, 1.82) is 0 Å². The molecule has 0 unspecified atom stereocenters. The molecule has 5 heteroatoms. The molecule has 0 bridgehead atoms. The van der Waals surface area contributed by atoms with Gasteiger partial charge < -0.3 is 4.74 Å². The van der Waals surface area contributed by atoms with Crippen LogP contribution in [0.2, 0.25) is 0 Å². The number of ether oxygens (including phenoxy) is 1. The average molecular weight is 303 g/mol. The summed E-state index contributed by atoms with van der Waals surface area (Å²) in [6, 6.07) is 0.137. The third-order valence-corrected chi connectivity index (χ3v) is 3.09. The van der Waals surface area contributed by atoms with Gasteiger partial charge in [0.05, 0.1) is 10.7 Å². The minimum Gasteiger partial charge on any atom is -0.368 e. The van der Waals surface area contributed by atoms with Crippen LogP contribution in [-0.2, 0) is 4.74 Å². The Morgan fingerprint density at radius 1 is 1.59 bits per heavy atom. The lowest BCUT2D eigenvalue weighted by atomic mass is 10.0. The van der Waals surface area contributed by atoms with Gasteiger partial charge in [-0.05, 0) is 50.5 Å². The summed E-state index contributed by atoms with van der Waals surface area (Å²) in [6.45, 7) is 9.93. The number of hydrogen-bond donors (Lipinski definition) is 0. The molecule has 4 nitrogen and oxygen atoms in total. The fourth-order valence-corrected chi connectivity index (χ4v) is 2.11. The van der Waals surface area contributed by atoms with Gasteiger partial charge in [-0.2, -0.15) is 5.10 Å². The van der Waals surface area contributed by atoms with Gasteiger partial charge >= 0.3 is 0 Å². The normalized spacial score (nSPS) is 12.2. The molecule has 96 valence electrons. The summed E-state index contributed by atoms with van der Waals surface area (Å²) >= 11 is 3.37. The van der Waals surface area contributed by atoms with Gasteiger partial charge in [-0.1, -0.05) is 0 Å². The van der Waals surface area contributed by atoms with E-state index in [0.29, 0.717) is 16.8 Å². The Hall–Kier alpha value is -0.680. The van der Waals surface area contributed by atoms with Gasteiger partial charge in [0.25, 0.3) is 0 Å². The van der Waals surface area contributed by atoms with Crippen LogP contribution in [0.5, 0.6) is 0 Å². The summed E-state index contributed by atoms with van der Waals surface area (Å²) in [5, 5.41) is 4.20. The number of ketones is 1. The van der Waals surface area contributed by atoms with Crippen molar-refractivity contribution >= 4 is 21.7 Å². The molecule has 0 saturated carbocycles. The average Bonchev–Trinajstić information content (AvgIpc) is 2.58. The Bertz CT molecular complexity index is 411. The van der Waals surface area contributed by atoms with Gasteiger partial charge in [0, 0.05) is 12.6 Å². The molecule has 1 aromatic heterocycles. The fourth-order valence-electron chi connectivity index (χ4n) is 1.66. The van der Waals surface area contributed by atoms with E-state index >= 15 is 0 Å². The van der Waals surface area contributed by atoms with E-state index in [4.69, 9.17) is 4.74 Å². The predicted octanol–water partition coefficient (Wildman–Crippen LogP) is 3.22. The third kappa shape index (κ3) is 2.96. The minimum absolute atomic E-state index is 0.0579. The van der Waals surface area contributed by atoms with Crippen molar-refractivity contribution in [1.82, 2.24) is 9.78 Å². The van der Waals surface area contributed by atoms with E-state index in [2.05, 4.69) is 21.0 Å². The second-order valence-electron chi connectivity index (χ2n) is 4.65. The van der Waals surface area contributed by atoms with Gasteiger partial charge in [-0.3, -0.25) is 9.48 Å². The number of rotatable bonds is 5. The van der Waals surface area contributed by atoms with Gasteiger partial charge in [0.2, 0.25) is 5.78 Å². The number of carbonyl (C=O) groups is 1. The zero-order chi connectivity index (χ0) is 13.2. The van der Waals surface area contributed by atoms with Gasteiger partial charge in [0.1, 0.15) is 11.3 Å². The molecular formula is C12H19BrN2O2. The SMILES string of the molecule is CCOC(C)(C)C(=O)c1c(Br)cnn1C(C)C. The Labute approximate surface area is 110 Å². The minimum atomic E-state index is -0.829. The lowest BCUT2D eigenvalue weighted by Gasteiger charge is -2.24. The molecule has 0 spiro atoms.